The molecule has 0 amide bonds. The highest BCUT2D eigenvalue weighted by atomic mass is 35.5. The normalized spacial score (nSPS) is 16.3. The minimum absolute atomic E-state index is 0.0330. The summed E-state index contributed by atoms with van der Waals surface area (Å²) in [5.41, 5.74) is 2.39. The van der Waals surface area contributed by atoms with Gasteiger partial charge in [0, 0.05) is 44.0 Å². The first-order valence-electron chi connectivity index (χ1n) is 9.85. The molecule has 0 bridgehead atoms. The predicted molar refractivity (Wildman–Crippen MR) is 124 cm³/mol. The second-order valence-corrected chi connectivity index (χ2v) is 10.8. The molecule has 0 saturated carbocycles. The summed E-state index contributed by atoms with van der Waals surface area (Å²) in [5.74, 6) is -1.27. The second-order valence-electron chi connectivity index (χ2n) is 8.20. The molecule has 0 atom stereocenters. The molecule has 0 fully saturated rings. The van der Waals surface area contributed by atoms with Gasteiger partial charge in [0.2, 0.25) is 10.0 Å². The number of ketones is 1. The number of halogens is 1. The van der Waals surface area contributed by atoms with E-state index in [0.717, 1.165) is 27.3 Å². The Labute approximate surface area is 193 Å². The molecule has 9 heteroatoms. The van der Waals surface area contributed by atoms with Crippen molar-refractivity contribution in [3.05, 3.63) is 70.4 Å². The van der Waals surface area contributed by atoms with E-state index in [4.69, 9.17) is 16.3 Å². The van der Waals surface area contributed by atoms with Crippen molar-refractivity contribution in [3.63, 3.8) is 0 Å². The van der Waals surface area contributed by atoms with Crippen molar-refractivity contribution in [3.8, 4) is 0 Å². The highest BCUT2D eigenvalue weighted by Gasteiger charge is 2.38. The van der Waals surface area contributed by atoms with Crippen LogP contribution in [-0.2, 0) is 25.0 Å². The van der Waals surface area contributed by atoms with Crippen LogP contribution in [0.3, 0.4) is 0 Å². The highest BCUT2D eigenvalue weighted by molar-refractivity contribution is 7.89. The molecule has 0 spiro atoms. The van der Waals surface area contributed by atoms with Gasteiger partial charge in [0.15, 0.2) is 12.4 Å². The van der Waals surface area contributed by atoms with Gasteiger partial charge in [-0.1, -0.05) is 43.6 Å². The lowest BCUT2D eigenvalue weighted by molar-refractivity contribution is -0.117. The molecule has 0 aromatic heterocycles. The third-order valence-corrected chi connectivity index (χ3v) is 7.66. The molecule has 0 saturated heterocycles. The number of hydrogen-bond donors (Lipinski definition) is 0. The summed E-state index contributed by atoms with van der Waals surface area (Å²) in [5, 5.41) is 0.0330. The Hall–Kier alpha value is -2.68. The topological polar surface area (TPSA) is 84.0 Å². The molecular weight excluding hydrogens is 452 g/mol. The third-order valence-electron chi connectivity index (χ3n) is 5.52. The molecule has 2 aromatic rings. The average molecular weight is 477 g/mol. The zero-order valence-electron chi connectivity index (χ0n) is 18.5. The largest absolute Gasteiger partial charge is 0.454 e. The zero-order chi connectivity index (χ0) is 23.8. The molecule has 0 unspecified atom stereocenters. The quantitative estimate of drug-likeness (QED) is 0.467. The molecule has 32 heavy (non-hydrogen) atoms. The lowest BCUT2D eigenvalue weighted by atomic mass is 9.83. The van der Waals surface area contributed by atoms with Crippen molar-refractivity contribution in [1.82, 2.24) is 4.31 Å². The molecule has 0 N–H and O–H groups in total. The first-order chi connectivity index (χ1) is 14.9. The van der Waals surface area contributed by atoms with Crippen molar-refractivity contribution in [2.24, 2.45) is 0 Å². The molecule has 1 aliphatic heterocycles. The highest BCUT2D eigenvalue weighted by Crippen LogP contribution is 2.46. The van der Waals surface area contributed by atoms with E-state index in [-0.39, 0.29) is 20.9 Å². The standard InChI is InChI=1S/C23H25ClN2O5S/c1-23(2)18-8-6-7-9-20(18)26(5)21(23)12-15(27)14-31-22(28)17-13-16(10-11-19(17)24)32(29,30)25(3)4/h6-13H,14H2,1-5H3/b21-12-. The summed E-state index contributed by atoms with van der Waals surface area (Å²) in [6.07, 6.45) is 1.47. The Kier molecular flexibility index (Phi) is 6.51. The van der Waals surface area contributed by atoms with Crippen LogP contribution in [0.4, 0.5) is 5.69 Å². The van der Waals surface area contributed by atoms with Gasteiger partial charge in [0.25, 0.3) is 0 Å². The van der Waals surface area contributed by atoms with Crippen LogP contribution in [0.1, 0.15) is 29.8 Å². The van der Waals surface area contributed by atoms with Crippen molar-refractivity contribution in [1.29, 1.82) is 0 Å². The monoisotopic (exact) mass is 476 g/mol. The molecule has 1 heterocycles. The van der Waals surface area contributed by atoms with E-state index >= 15 is 0 Å². The van der Waals surface area contributed by atoms with Gasteiger partial charge in [0.1, 0.15) is 0 Å². The number of fused-ring (bicyclic) bond motifs is 1. The summed E-state index contributed by atoms with van der Waals surface area (Å²) in [6, 6.07) is 11.7. The van der Waals surface area contributed by atoms with Crippen LogP contribution in [0.5, 0.6) is 0 Å². The predicted octanol–water partition coefficient (Wildman–Crippen LogP) is 3.63. The molecule has 3 rings (SSSR count). The number of likely N-dealkylation sites (N-methyl/N-ethyl adjacent to an activating group) is 1. The van der Waals surface area contributed by atoms with Gasteiger partial charge in [-0.05, 0) is 29.8 Å². The molecule has 0 radical (unpaired) electrons. The molecule has 2 aromatic carbocycles. The fourth-order valence-electron chi connectivity index (χ4n) is 3.70. The van der Waals surface area contributed by atoms with Crippen LogP contribution in [0.15, 0.2) is 59.1 Å². The minimum Gasteiger partial charge on any atom is -0.454 e. The Morgan fingerprint density at radius 1 is 1.16 bits per heavy atom. The van der Waals surface area contributed by atoms with Gasteiger partial charge in [-0.25, -0.2) is 17.5 Å². The van der Waals surface area contributed by atoms with E-state index in [2.05, 4.69) is 0 Å². The van der Waals surface area contributed by atoms with E-state index in [9.17, 15) is 18.0 Å². The van der Waals surface area contributed by atoms with E-state index in [0.29, 0.717) is 0 Å². The van der Waals surface area contributed by atoms with Gasteiger partial charge in [-0.15, -0.1) is 0 Å². The summed E-state index contributed by atoms with van der Waals surface area (Å²) < 4.78 is 30.8. The van der Waals surface area contributed by atoms with Gasteiger partial charge >= 0.3 is 5.97 Å². The van der Waals surface area contributed by atoms with Crippen LogP contribution in [-0.4, -0.2) is 52.2 Å². The number of carbonyl (C=O) groups excluding carboxylic acids is 2. The van der Waals surface area contributed by atoms with Crippen LogP contribution in [0.2, 0.25) is 5.02 Å². The number of anilines is 1. The Morgan fingerprint density at radius 2 is 1.81 bits per heavy atom. The number of allylic oxidation sites excluding steroid dienone is 1. The fourth-order valence-corrected chi connectivity index (χ4v) is 4.82. The number of nitrogens with zero attached hydrogens (tertiary/aromatic N) is 2. The molecule has 1 aliphatic rings. The number of para-hydroxylation sites is 1. The molecular formula is C23H25ClN2O5S. The van der Waals surface area contributed by atoms with Crippen molar-refractivity contribution in [2.75, 3.05) is 32.6 Å². The number of sulfonamides is 1. The fraction of sp³-hybridized carbons (Fsp3) is 0.304. The smallest absolute Gasteiger partial charge is 0.340 e. The maximum Gasteiger partial charge on any atom is 0.340 e. The number of ether oxygens (including phenoxy) is 1. The number of benzene rings is 2. The van der Waals surface area contributed by atoms with Gasteiger partial charge in [-0.2, -0.15) is 0 Å². The lowest BCUT2D eigenvalue weighted by Gasteiger charge is -2.23. The third kappa shape index (κ3) is 4.30. The number of hydrogen-bond acceptors (Lipinski definition) is 6. The van der Waals surface area contributed by atoms with Crippen molar-refractivity contribution < 1.29 is 22.7 Å². The van der Waals surface area contributed by atoms with Crippen LogP contribution in [0.25, 0.3) is 0 Å². The summed E-state index contributed by atoms with van der Waals surface area (Å²) in [7, 11) is 0.893. The number of rotatable bonds is 6. The van der Waals surface area contributed by atoms with Crippen LogP contribution in [0, 0.1) is 0 Å². The van der Waals surface area contributed by atoms with E-state index in [1.807, 2.05) is 50.1 Å². The molecule has 170 valence electrons. The van der Waals surface area contributed by atoms with Gasteiger partial charge in [0.05, 0.1) is 15.5 Å². The maximum absolute atomic E-state index is 12.6. The van der Waals surface area contributed by atoms with Gasteiger partial charge < -0.3 is 9.64 Å². The van der Waals surface area contributed by atoms with Crippen LogP contribution < -0.4 is 4.90 Å². The van der Waals surface area contributed by atoms with Crippen molar-refractivity contribution >= 4 is 39.1 Å². The summed E-state index contributed by atoms with van der Waals surface area (Å²) in [4.78, 5) is 27.0. The summed E-state index contributed by atoms with van der Waals surface area (Å²) in [6.45, 7) is 3.55. The minimum atomic E-state index is -3.76. The van der Waals surface area contributed by atoms with E-state index in [1.54, 1.807) is 0 Å². The first-order valence-corrected chi connectivity index (χ1v) is 11.7. The van der Waals surface area contributed by atoms with E-state index in [1.165, 1.54) is 32.3 Å². The first kappa shape index (κ1) is 24.0. The molecule has 0 aliphatic carbocycles. The SMILES string of the molecule is CN1/C(=C\C(=O)COC(=O)c2cc(S(=O)(=O)N(C)C)ccc2Cl)C(C)(C)c2ccccc21. The Bertz CT molecular complexity index is 1220. The Morgan fingerprint density at radius 3 is 2.44 bits per heavy atom. The summed E-state index contributed by atoms with van der Waals surface area (Å²) >= 11 is 6.07. The van der Waals surface area contributed by atoms with Crippen LogP contribution >= 0.6 is 11.6 Å². The van der Waals surface area contributed by atoms with E-state index < -0.39 is 28.4 Å². The zero-order valence-corrected chi connectivity index (χ0v) is 20.1. The van der Waals surface area contributed by atoms with Gasteiger partial charge in [-0.3, -0.25) is 4.79 Å². The number of esters is 1. The Balaban J connectivity index is 1.77. The number of carbonyl (C=O) groups is 2. The maximum atomic E-state index is 12.6. The molecule has 7 nitrogen and oxygen atoms in total. The van der Waals surface area contributed by atoms with Crippen molar-refractivity contribution in [2.45, 2.75) is 24.2 Å². The lowest BCUT2D eigenvalue weighted by Crippen LogP contribution is -2.25. The average Bonchev–Trinajstić information content (AvgIpc) is 2.93. The second kappa shape index (κ2) is 8.69.